The van der Waals surface area contributed by atoms with Crippen LogP contribution in [0, 0.1) is 5.92 Å². The number of rotatable bonds is 10. The van der Waals surface area contributed by atoms with Crippen molar-refractivity contribution < 1.29 is 9.53 Å². The van der Waals surface area contributed by atoms with Crippen LogP contribution in [0.25, 0.3) is 11.1 Å². The van der Waals surface area contributed by atoms with Crippen LogP contribution < -0.4 is 4.74 Å². The summed E-state index contributed by atoms with van der Waals surface area (Å²) < 4.78 is 5.46. The summed E-state index contributed by atoms with van der Waals surface area (Å²) in [6, 6.07) is 14.9. The lowest BCUT2D eigenvalue weighted by atomic mass is 9.80. The predicted octanol–water partition coefficient (Wildman–Crippen LogP) is 7.52. The summed E-state index contributed by atoms with van der Waals surface area (Å²) in [5.74, 6) is 1.38. The molecule has 0 saturated carbocycles. The van der Waals surface area contributed by atoms with Gasteiger partial charge in [0.15, 0.2) is 0 Å². The fraction of sp³-hybridized carbons (Fsp3) is 0.519. The number of carbonyl (C=O) groups excluding carboxylic acids is 1. The number of carbonyl (C=O) groups is 1. The zero-order chi connectivity index (χ0) is 20.5. The Balaban J connectivity index is 1.58. The van der Waals surface area contributed by atoms with Crippen molar-refractivity contribution in [3.05, 3.63) is 53.6 Å². The minimum absolute atomic E-state index is 0.131. The first-order valence-corrected chi connectivity index (χ1v) is 11.6. The number of esters is 1. The molecule has 0 N–H and O–H groups in total. The maximum absolute atomic E-state index is 11.9. The second-order valence-electron chi connectivity index (χ2n) is 8.54. The molecule has 3 rings (SSSR count). The third kappa shape index (κ3) is 6.45. The molecule has 0 spiro atoms. The second kappa shape index (κ2) is 11.2. The third-order valence-electron chi connectivity index (χ3n) is 6.16. The summed E-state index contributed by atoms with van der Waals surface area (Å²) in [6.45, 7) is 4.42. The highest BCUT2D eigenvalue weighted by Crippen LogP contribution is 2.32. The average molecular weight is 393 g/mol. The van der Waals surface area contributed by atoms with Crippen LogP contribution in [0.4, 0.5) is 0 Å². The Bertz CT molecular complexity index is 776. The second-order valence-corrected chi connectivity index (χ2v) is 8.54. The summed E-state index contributed by atoms with van der Waals surface area (Å²) in [6.07, 6.45) is 12.8. The Morgan fingerprint density at radius 2 is 1.62 bits per heavy atom. The highest BCUT2D eigenvalue weighted by molar-refractivity contribution is 5.73. The molecular weight excluding hydrogens is 356 g/mol. The molecule has 0 amide bonds. The van der Waals surface area contributed by atoms with Gasteiger partial charge in [-0.15, -0.1) is 0 Å². The quantitative estimate of drug-likeness (QED) is 0.237. The normalized spacial score (nSPS) is 15.7. The van der Waals surface area contributed by atoms with Gasteiger partial charge in [-0.05, 0) is 66.0 Å². The standard InChI is InChI=1S/C27H36O2/c1-3-5-7-9-21-11-12-25-20-24(14-13-23(25)19-21)22-15-17-26(18-16-22)29-27(28)10-8-6-4-2/h13-18,20-21H,3-12,19H2,1-2H3. The van der Waals surface area contributed by atoms with Gasteiger partial charge < -0.3 is 4.74 Å². The Kier molecular flexibility index (Phi) is 8.34. The minimum Gasteiger partial charge on any atom is -0.427 e. The monoisotopic (exact) mass is 392 g/mol. The summed E-state index contributed by atoms with van der Waals surface area (Å²) in [7, 11) is 0. The van der Waals surface area contributed by atoms with Gasteiger partial charge in [0.05, 0.1) is 0 Å². The van der Waals surface area contributed by atoms with Crippen LogP contribution in [0.3, 0.4) is 0 Å². The van der Waals surface area contributed by atoms with Crippen molar-refractivity contribution in [1.29, 1.82) is 0 Å². The number of benzene rings is 2. The third-order valence-corrected chi connectivity index (χ3v) is 6.16. The molecule has 2 aromatic rings. The first-order valence-electron chi connectivity index (χ1n) is 11.6. The molecule has 1 aliphatic rings. The van der Waals surface area contributed by atoms with Crippen LogP contribution in [-0.2, 0) is 17.6 Å². The minimum atomic E-state index is -0.131. The van der Waals surface area contributed by atoms with E-state index in [2.05, 4.69) is 44.2 Å². The molecule has 0 saturated heterocycles. The van der Waals surface area contributed by atoms with E-state index in [9.17, 15) is 4.79 Å². The Hall–Kier alpha value is -2.09. The van der Waals surface area contributed by atoms with Gasteiger partial charge in [-0.2, -0.15) is 0 Å². The maximum atomic E-state index is 11.9. The van der Waals surface area contributed by atoms with Crippen molar-refractivity contribution >= 4 is 5.97 Å². The van der Waals surface area contributed by atoms with E-state index in [4.69, 9.17) is 4.74 Å². The Labute approximate surface area is 176 Å². The molecule has 0 heterocycles. The van der Waals surface area contributed by atoms with Gasteiger partial charge in [-0.3, -0.25) is 4.79 Å². The van der Waals surface area contributed by atoms with E-state index in [1.165, 1.54) is 61.6 Å². The molecule has 2 heteroatoms. The summed E-state index contributed by atoms with van der Waals surface area (Å²) in [4.78, 5) is 11.9. The molecule has 156 valence electrons. The molecule has 0 fully saturated rings. The topological polar surface area (TPSA) is 26.3 Å². The molecule has 0 bridgehead atoms. The van der Waals surface area contributed by atoms with Gasteiger partial charge in [0, 0.05) is 6.42 Å². The van der Waals surface area contributed by atoms with E-state index in [0.717, 1.165) is 25.2 Å². The van der Waals surface area contributed by atoms with E-state index >= 15 is 0 Å². The van der Waals surface area contributed by atoms with Gasteiger partial charge in [0.2, 0.25) is 0 Å². The van der Waals surface area contributed by atoms with Crippen LogP contribution in [0.15, 0.2) is 42.5 Å². The molecule has 2 nitrogen and oxygen atoms in total. The predicted molar refractivity (Wildman–Crippen MR) is 121 cm³/mol. The lowest BCUT2D eigenvalue weighted by molar-refractivity contribution is -0.134. The molecular formula is C27H36O2. The fourth-order valence-corrected chi connectivity index (χ4v) is 4.36. The van der Waals surface area contributed by atoms with E-state index in [-0.39, 0.29) is 5.97 Å². The number of hydrogen-bond acceptors (Lipinski definition) is 2. The van der Waals surface area contributed by atoms with Gasteiger partial charge in [0.25, 0.3) is 0 Å². The van der Waals surface area contributed by atoms with Crippen molar-refractivity contribution in [3.8, 4) is 16.9 Å². The van der Waals surface area contributed by atoms with Crippen molar-refractivity contribution in [2.75, 3.05) is 0 Å². The summed E-state index contributed by atoms with van der Waals surface area (Å²) in [5, 5.41) is 0. The van der Waals surface area contributed by atoms with Crippen molar-refractivity contribution in [3.63, 3.8) is 0 Å². The summed E-state index contributed by atoms with van der Waals surface area (Å²) in [5.41, 5.74) is 5.50. The largest absolute Gasteiger partial charge is 0.427 e. The fourth-order valence-electron chi connectivity index (χ4n) is 4.36. The maximum Gasteiger partial charge on any atom is 0.311 e. The van der Waals surface area contributed by atoms with Crippen LogP contribution in [0.1, 0.15) is 82.8 Å². The lowest BCUT2D eigenvalue weighted by Gasteiger charge is -2.25. The first kappa shape index (κ1) is 21.6. The number of hydrogen-bond donors (Lipinski definition) is 0. The Morgan fingerprint density at radius 3 is 2.38 bits per heavy atom. The molecule has 1 atom stereocenters. The molecule has 1 unspecified atom stereocenters. The van der Waals surface area contributed by atoms with E-state index in [0.29, 0.717) is 12.2 Å². The molecule has 2 aromatic carbocycles. The van der Waals surface area contributed by atoms with Gasteiger partial charge in [0.1, 0.15) is 5.75 Å². The van der Waals surface area contributed by atoms with Gasteiger partial charge in [-0.25, -0.2) is 0 Å². The van der Waals surface area contributed by atoms with Crippen LogP contribution in [-0.4, -0.2) is 5.97 Å². The number of aryl methyl sites for hydroxylation is 1. The van der Waals surface area contributed by atoms with Crippen molar-refractivity contribution in [2.45, 2.75) is 84.5 Å². The zero-order valence-corrected chi connectivity index (χ0v) is 18.2. The van der Waals surface area contributed by atoms with Crippen LogP contribution >= 0.6 is 0 Å². The van der Waals surface area contributed by atoms with E-state index < -0.39 is 0 Å². The zero-order valence-electron chi connectivity index (χ0n) is 18.2. The van der Waals surface area contributed by atoms with Crippen LogP contribution in [0.5, 0.6) is 5.75 Å². The summed E-state index contributed by atoms with van der Waals surface area (Å²) >= 11 is 0. The van der Waals surface area contributed by atoms with Gasteiger partial charge in [-0.1, -0.05) is 82.7 Å². The number of fused-ring (bicyclic) bond motifs is 1. The molecule has 29 heavy (non-hydrogen) atoms. The highest BCUT2D eigenvalue weighted by atomic mass is 16.5. The van der Waals surface area contributed by atoms with Crippen LogP contribution in [0.2, 0.25) is 0 Å². The Morgan fingerprint density at radius 1 is 0.897 bits per heavy atom. The average Bonchev–Trinajstić information content (AvgIpc) is 2.74. The SMILES string of the molecule is CCCCCC(=O)Oc1ccc(-c2ccc3c(c2)CCC(CCCCC)C3)cc1. The lowest BCUT2D eigenvalue weighted by Crippen LogP contribution is -2.14. The van der Waals surface area contributed by atoms with E-state index in [1.54, 1.807) is 5.56 Å². The smallest absolute Gasteiger partial charge is 0.311 e. The molecule has 0 aromatic heterocycles. The highest BCUT2D eigenvalue weighted by Gasteiger charge is 2.18. The van der Waals surface area contributed by atoms with Crippen molar-refractivity contribution in [1.82, 2.24) is 0 Å². The van der Waals surface area contributed by atoms with Gasteiger partial charge >= 0.3 is 5.97 Å². The molecule has 1 aliphatic carbocycles. The first-order chi connectivity index (χ1) is 14.2. The number of unbranched alkanes of at least 4 members (excludes halogenated alkanes) is 4. The number of ether oxygens (including phenoxy) is 1. The van der Waals surface area contributed by atoms with Crippen molar-refractivity contribution in [2.24, 2.45) is 5.92 Å². The molecule has 0 radical (unpaired) electrons. The molecule has 0 aliphatic heterocycles. The van der Waals surface area contributed by atoms with E-state index in [1.807, 2.05) is 12.1 Å².